The maximum Gasteiger partial charge on any atom is 0.251 e. The molecule has 0 radical (unpaired) electrons. The molecular weight excluding hydrogens is 353 g/mol. The molecule has 0 saturated heterocycles. The highest BCUT2D eigenvalue weighted by Gasteiger charge is 2.23. The van der Waals surface area contributed by atoms with E-state index in [4.69, 9.17) is 0 Å². The quantitative estimate of drug-likeness (QED) is 0.684. The molecular formula is C23H24FN3O. The van der Waals surface area contributed by atoms with Crippen LogP contribution in [-0.2, 0) is 0 Å². The van der Waals surface area contributed by atoms with E-state index >= 15 is 0 Å². The van der Waals surface area contributed by atoms with Crippen LogP contribution in [0.4, 0.5) is 10.2 Å². The Bertz CT molecular complexity index is 996. The minimum absolute atomic E-state index is 0.129. The average Bonchev–Trinajstić information content (AvgIpc) is 2.71. The molecule has 1 fully saturated rings. The molecule has 4 nitrogen and oxygen atoms in total. The summed E-state index contributed by atoms with van der Waals surface area (Å²) < 4.78 is 13.4. The van der Waals surface area contributed by atoms with Crippen molar-refractivity contribution in [1.29, 1.82) is 0 Å². The molecule has 0 unspecified atom stereocenters. The largest absolute Gasteiger partial charge is 0.367 e. The molecule has 5 heteroatoms. The SMILES string of the molecule is Cc1cc(C(=O)NC2CCC(Nc3ccc4ccccc4n3)CC2)ccc1F. The highest BCUT2D eigenvalue weighted by Crippen LogP contribution is 2.23. The van der Waals surface area contributed by atoms with E-state index in [9.17, 15) is 9.18 Å². The number of hydrogen-bond donors (Lipinski definition) is 2. The van der Waals surface area contributed by atoms with Crippen LogP contribution in [0.5, 0.6) is 0 Å². The van der Waals surface area contributed by atoms with Crippen molar-refractivity contribution in [3.63, 3.8) is 0 Å². The van der Waals surface area contributed by atoms with Gasteiger partial charge in [0.25, 0.3) is 5.91 Å². The molecule has 28 heavy (non-hydrogen) atoms. The fourth-order valence-electron chi connectivity index (χ4n) is 3.79. The van der Waals surface area contributed by atoms with E-state index in [1.807, 2.05) is 24.3 Å². The Balaban J connectivity index is 1.31. The minimum Gasteiger partial charge on any atom is -0.367 e. The number of nitrogens with one attached hydrogen (secondary N) is 2. The predicted octanol–water partition coefficient (Wildman–Crippen LogP) is 4.84. The van der Waals surface area contributed by atoms with Gasteiger partial charge in [-0.05, 0) is 74.6 Å². The maximum atomic E-state index is 13.4. The number of aryl methyl sites for hydroxylation is 1. The summed E-state index contributed by atoms with van der Waals surface area (Å²) in [7, 11) is 0. The summed E-state index contributed by atoms with van der Waals surface area (Å²) in [5.41, 5.74) is 1.99. The predicted molar refractivity (Wildman–Crippen MR) is 110 cm³/mol. The van der Waals surface area contributed by atoms with Crippen LogP contribution >= 0.6 is 0 Å². The Labute approximate surface area is 164 Å². The molecule has 0 spiro atoms. The van der Waals surface area contributed by atoms with Crippen LogP contribution < -0.4 is 10.6 Å². The van der Waals surface area contributed by atoms with Crippen LogP contribution in [0.15, 0.2) is 54.6 Å². The molecule has 0 bridgehead atoms. The molecule has 1 saturated carbocycles. The lowest BCUT2D eigenvalue weighted by molar-refractivity contribution is 0.0926. The van der Waals surface area contributed by atoms with E-state index in [0.29, 0.717) is 17.2 Å². The van der Waals surface area contributed by atoms with Gasteiger partial charge in [0.15, 0.2) is 0 Å². The number of benzene rings is 2. The number of rotatable bonds is 4. The molecule has 1 aliphatic rings. The van der Waals surface area contributed by atoms with Crippen molar-refractivity contribution in [3.8, 4) is 0 Å². The molecule has 0 atom stereocenters. The van der Waals surface area contributed by atoms with Crippen LogP contribution in [0.3, 0.4) is 0 Å². The third-order valence-corrected chi connectivity index (χ3v) is 5.43. The molecule has 1 aliphatic carbocycles. The number of pyridine rings is 1. The van der Waals surface area contributed by atoms with Gasteiger partial charge in [-0.15, -0.1) is 0 Å². The Hall–Kier alpha value is -2.95. The number of fused-ring (bicyclic) bond motifs is 1. The van der Waals surface area contributed by atoms with Gasteiger partial charge in [-0.2, -0.15) is 0 Å². The van der Waals surface area contributed by atoms with Crippen LogP contribution in [0.1, 0.15) is 41.6 Å². The van der Waals surface area contributed by atoms with Gasteiger partial charge >= 0.3 is 0 Å². The second-order valence-corrected chi connectivity index (χ2v) is 7.52. The number of nitrogens with zero attached hydrogens (tertiary/aromatic N) is 1. The van der Waals surface area contributed by atoms with E-state index in [1.165, 1.54) is 12.1 Å². The molecule has 2 aromatic carbocycles. The first-order chi connectivity index (χ1) is 13.6. The van der Waals surface area contributed by atoms with Crippen LogP contribution in [0, 0.1) is 12.7 Å². The first-order valence-corrected chi connectivity index (χ1v) is 9.78. The lowest BCUT2D eigenvalue weighted by Crippen LogP contribution is -2.40. The molecule has 0 aliphatic heterocycles. The Morgan fingerprint density at radius 1 is 1.00 bits per heavy atom. The Morgan fingerprint density at radius 3 is 2.54 bits per heavy atom. The minimum atomic E-state index is -0.287. The summed E-state index contributed by atoms with van der Waals surface area (Å²) >= 11 is 0. The number of amides is 1. The molecule has 3 aromatic rings. The summed E-state index contributed by atoms with van der Waals surface area (Å²) in [4.78, 5) is 17.1. The summed E-state index contributed by atoms with van der Waals surface area (Å²) in [5, 5.41) is 7.75. The average molecular weight is 377 g/mol. The summed E-state index contributed by atoms with van der Waals surface area (Å²) in [6.07, 6.45) is 3.78. The summed E-state index contributed by atoms with van der Waals surface area (Å²) in [6, 6.07) is 17.2. The van der Waals surface area contributed by atoms with Gasteiger partial charge in [-0.3, -0.25) is 4.79 Å². The number of hydrogen-bond acceptors (Lipinski definition) is 3. The van der Waals surface area contributed by atoms with Crippen LogP contribution in [0.25, 0.3) is 10.9 Å². The molecule has 1 amide bonds. The molecule has 144 valence electrons. The van der Waals surface area contributed by atoms with Crippen molar-refractivity contribution in [2.24, 2.45) is 0 Å². The highest BCUT2D eigenvalue weighted by molar-refractivity contribution is 5.94. The third kappa shape index (κ3) is 4.14. The number of carbonyl (C=O) groups excluding carboxylic acids is 1. The molecule has 1 aromatic heterocycles. The number of para-hydroxylation sites is 1. The smallest absolute Gasteiger partial charge is 0.251 e. The van der Waals surface area contributed by atoms with Gasteiger partial charge in [-0.25, -0.2) is 9.37 Å². The van der Waals surface area contributed by atoms with E-state index in [2.05, 4.69) is 27.8 Å². The number of aromatic nitrogens is 1. The van der Waals surface area contributed by atoms with E-state index in [1.54, 1.807) is 13.0 Å². The zero-order valence-corrected chi connectivity index (χ0v) is 15.9. The van der Waals surface area contributed by atoms with Gasteiger partial charge in [0.1, 0.15) is 11.6 Å². The number of anilines is 1. The normalized spacial score (nSPS) is 19.4. The first-order valence-electron chi connectivity index (χ1n) is 9.78. The second-order valence-electron chi connectivity index (χ2n) is 7.52. The zero-order chi connectivity index (χ0) is 19.5. The van der Waals surface area contributed by atoms with E-state index in [0.717, 1.165) is 42.4 Å². The van der Waals surface area contributed by atoms with Crippen molar-refractivity contribution in [2.75, 3.05) is 5.32 Å². The van der Waals surface area contributed by atoms with Crippen molar-refractivity contribution in [1.82, 2.24) is 10.3 Å². The molecule has 1 heterocycles. The maximum absolute atomic E-state index is 13.4. The number of halogens is 1. The van der Waals surface area contributed by atoms with Gasteiger partial charge in [0.05, 0.1) is 5.52 Å². The van der Waals surface area contributed by atoms with Gasteiger partial charge in [0.2, 0.25) is 0 Å². The van der Waals surface area contributed by atoms with E-state index in [-0.39, 0.29) is 17.8 Å². The van der Waals surface area contributed by atoms with Crippen molar-refractivity contribution in [3.05, 3.63) is 71.5 Å². The summed E-state index contributed by atoms with van der Waals surface area (Å²) in [6.45, 7) is 1.67. The van der Waals surface area contributed by atoms with Gasteiger partial charge < -0.3 is 10.6 Å². The van der Waals surface area contributed by atoms with Crippen LogP contribution in [0.2, 0.25) is 0 Å². The van der Waals surface area contributed by atoms with Crippen molar-refractivity contribution in [2.45, 2.75) is 44.7 Å². The molecule has 2 N–H and O–H groups in total. The first kappa shape index (κ1) is 18.4. The third-order valence-electron chi connectivity index (χ3n) is 5.43. The lowest BCUT2D eigenvalue weighted by atomic mass is 9.91. The number of carbonyl (C=O) groups is 1. The standard InChI is InChI=1S/C23H24FN3O/c1-15-14-17(6-12-20(15)24)23(28)26-19-10-8-18(9-11-19)25-22-13-7-16-4-2-3-5-21(16)27-22/h2-7,12-14,18-19H,8-11H2,1H3,(H,25,27)(H,26,28). The monoisotopic (exact) mass is 377 g/mol. The zero-order valence-electron chi connectivity index (χ0n) is 15.9. The van der Waals surface area contributed by atoms with Gasteiger partial charge in [0, 0.05) is 23.0 Å². The topological polar surface area (TPSA) is 54.0 Å². The highest BCUT2D eigenvalue weighted by atomic mass is 19.1. The van der Waals surface area contributed by atoms with Crippen molar-refractivity contribution >= 4 is 22.6 Å². The lowest BCUT2D eigenvalue weighted by Gasteiger charge is -2.30. The fraction of sp³-hybridized carbons (Fsp3) is 0.304. The Kier molecular flexibility index (Phi) is 5.24. The summed E-state index contributed by atoms with van der Waals surface area (Å²) in [5.74, 6) is 0.481. The fourth-order valence-corrected chi connectivity index (χ4v) is 3.79. The molecule has 4 rings (SSSR count). The van der Waals surface area contributed by atoms with Crippen LogP contribution in [-0.4, -0.2) is 23.0 Å². The van der Waals surface area contributed by atoms with Gasteiger partial charge in [-0.1, -0.05) is 18.2 Å². The second kappa shape index (κ2) is 7.97. The Morgan fingerprint density at radius 2 is 1.75 bits per heavy atom. The van der Waals surface area contributed by atoms with E-state index < -0.39 is 0 Å². The van der Waals surface area contributed by atoms with Crippen molar-refractivity contribution < 1.29 is 9.18 Å².